The lowest BCUT2D eigenvalue weighted by atomic mass is 10.2. The third kappa shape index (κ3) is 2.71. The minimum absolute atomic E-state index is 0.547. The molecule has 2 aromatic carbocycles. The van der Waals surface area contributed by atoms with Gasteiger partial charge >= 0.3 is 0 Å². The average Bonchev–Trinajstić information content (AvgIpc) is 2.90. The molecule has 0 bridgehead atoms. The molecule has 0 aliphatic rings. The van der Waals surface area contributed by atoms with Crippen LogP contribution < -0.4 is 9.46 Å². The summed E-state index contributed by atoms with van der Waals surface area (Å²) >= 11 is -2.08. The Hall–Kier alpha value is -2.45. The van der Waals surface area contributed by atoms with E-state index >= 15 is 0 Å². The maximum Gasteiger partial charge on any atom is 0.259 e. The lowest BCUT2D eigenvalue weighted by Crippen LogP contribution is -2.02. The first-order valence-electron chi connectivity index (χ1n) is 6.05. The topological polar surface area (TPSA) is 89.3 Å². The van der Waals surface area contributed by atoms with Crippen molar-refractivity contribution in [2.75, 3.05) is 11.8 Å². The third-order valence-corrected chi connectivity index (χ3v) is 3.38. The molecule has 1 atom stereocenters. The number of aromatic nitrogens is 3. The summed E-state index contributed by atoms with van der Waals surface area (Å²) in [5.41, 5.74) is 2.93. The Morgan fingerprint density at radius 1 is 1.24 bits per heavy atom. The molecular weight excluding hydrogens is 292 g/mol. The summed E-state index contributed by atoms with van der Waals surface area (Å²) < 4.78 is 28.7. The molecule has 2 N–H and O–H groups in total. The largest absolute Gasteiger partial charge is 0.497 e. The van der Waals surface area contributed by atoms with Gasteiger partial charge in [-0.2, -0.15) is 0 Å². The fourth-order valence-corrected chi connectivity index (χ4v) is 2.33. The molecule has 0 radical (unpaired) electrons. The van der Waals surface area contributed by atoms with Crippen LogP contribution in [0.1, 0.15) is 0 Å². The van der Waals surface area contributed by atoms with E-state index in [0.717, 1.165) is 22.5 Å². The number of hydrogen-bond donors (Lipinski definition) is 2. The van der Waals surface area contributed by atoms with Crippen LogP contribution in [0.25, 0.3) is 16.7 Å². The number of rotatable bonds is 4. The van der Waals surface area contributed by atoms with Gasteiger partial charge in [0.25, 0.3) is 11.3 Å². The monoisotopic (exact) mass is 304 g/mol. The Bertz CT molecular complexity index is 801. The number of hydrogen-bond acceptors (Lipinski definition) is 4. The Kier molecular flexibility index (Phi) is 3.55. The summed E-state index contributed by atoms with van der Waals surface area (Å²) in [6.45, 7) is 0. The van der Waals surface area contributed by atoms with Crippen LogP contribution >= 0.6 is 0 Å². The van der Waals surface area contributed by atoms with Crippen molar-refractivity contribution >= 4 is 28.0 Å². The van der Waals surface area contributed by atoms with E-state index in [4.69, 9.17) is 9.29 Å². The standard InChI is InChI=1S/C13H12N4O3S/c1-20-11-6-7-13-12(8-11)14-16-17(13)10-4-2-9(3-5-10)15-21(18)19/h2-8,15H,1H3,(H,18,19). The third-order valence-electron chi connectivity index (χ3n) is 2.97. The molecule has 3 aromatic rings. The highest BCUT2D eigenvalue weighted by Gasteiger charge is 2.07. The molecule has 0 fully saturated rings. The van der Waals surface area contributed by atoms with Gasteiger partial charge in [0.2, 0.25) is 0 Å². The fourth-order valence-electron chi connectivity index (χ4n) is 1.99. The molecule has 1 unspecified atom stereocenters. The van der Waals surface area contributed by atoms with Crippen molar-refractivity contribution in [1.29, 1.82) is 0 Å². The second-order valence-corrected chi connectivity index (χ2v) is 4.96. The van der Waals surface area contributed by atoms with E-state index in [1.54, 1.807) is 36.1 Å². The number of methoxy groups -OCH3 is 1. The number of benzene rings is 2. The maximum absolute atomic E-state index is 10.7. The van der Waals surface area contributed by atoms with E-state index in [-0.39, 0.29) is 0 Å². The molecule has 1 heterocycles. The molecule has 8 heteroatoms. The Morgan fingerprint density at radius 3 is 2.67 bits per heavy atom. The summed E-state index contributed by atoms with van der Waals surface area (Å²) in [4.78, 5) is 0. The molecule has 21 heavy (non-hydrogen) atoms. The molecule has 0 aliphatic carbocycles. The Balaban J connectivity index is 1.98. The summed E-state index contributed by atoms with van der Waals surface area (Å²) in [6, 6.07) is 12.5. The zero-order valence-electron chi connectivity index (χ0n) is 11.1. The van der Waals surface area contributed by atoms with Crippen LogP contribution in [0.15, 0.2) is 42.5 Å². The molecule has 0 aliphatic heterocycles. The zero-order chi connectivity index (χ0) is 14.8. The van der Waals surface area contributed by atoms with Gasteiger partial charge < -0.3 is 4.74 Å². The van der Waals surface area contributed by atoms with Gasteiger partial charge in [-0.3, -0.25) is 9.27 Å². The molecule has 1 aromatic heterocycles. The van der Waals surface area contributed by atoms with Crippen LogP contribution in [-0.2, 0) is 11.3 Å². The summed E-state index contributed by atoms with van der Waals surface area (Å²) in [5.74, 6) is 0.722. The zero-order valence-corrected chi connectivity index (χ0v) is 11.9. The van der Waals surface area contributed by atoms with Crippen molar-refractivity contribution in [3.8, 4) is 11.4 Å². The fraction of sp³-hybridized carbons (Fsp3) is 0.0769. The first-order chi connectivity index (χ1) is 10.2. The van der Waals surface area contributed by atoms with E-state index < -0.39 is 11.3 Å². The lowest BCUT2D eigenvalue weighted by molar-refractivity contribution is 0.415. The van der Waals surface area contributed by atoms with Crippen LogP contribution in [0.3, 0.4) is 0 Å². The lowest BCUT2D eigenvalue weighted by Gasteiger charge is -2.05. The maximum atomic E-state index is 10.7. The molecule has 7 nitrogen and oxygen atoms in total. The van der Waals surface area contributed by atoms with Gasteiger partial charge in [-0.15, -0.1) is 5.10 Å². The van der Waals surface area contributed by atoms with Crippen molar-refractivity contribution in [3.05, 3.63) is 42.5 Å². The van der Waals surface area contributed by atoms with E-state index in [0.29, 0.717) is 5.69 Å². The molecule has 108 valence electrons. The van der Waals surface area contributed by atoms with Gasteiger partial charge in [0, 0.05) is 11.8 Å². The molecule has 0 saturated carbocycles. The number of anilines is 1. The first-order valence-corrected chi connectivity index (χ1v) is 7.15. The highest BCUT2D eigenvalue weighted by atomic mass is 32.2. The molecule has 3 rings (SSSR count). The van der Waals surface area contributed by atoms with Gasteiger partial charge in [0.15, 0.2) is 0 Å². The summed E-state index contributed by atoms with van der Waals surface area (Å²) in [7, 11) is 1.60. The number of fused-ring (bicyclic) bond motifs is 1. The summed E-state index contributed by atoms with van der Waals surface area (Å²) in [6.07, 6.45) is 0. The number of ether oxygens (including phenoxy) is 1. The van der Waals surface area contributed by atoms with Gasteiger partial charge in [0.1, 0.15) is 11.3 Å². The number of nitrogens with one attached hydrogen (secondary N) is 1. The first kappa shape index (κ1) is 13.5. The molecule has 0 amide bonds. The smallest absolute Gasteiger partial charge is 0.259 e. The highest BCUT2D eigenvalue weighted by molar-refractivity contribution is 7.80. The minimum Gasteiger partial charge on any atom is -0.497 e. The average molecular weight is 304 g/mol. The molecular formula is C13H12N4O3S. The van der Waals surface area contributed by atoms with E-state index in [9.17, 15) is 4.21 Å². The normalized spacial score (nSPS) is 12.3. The minimum atomic E-state index is -2.08. The van der Waals surface area contributed by atoms with Crippen molar-refractivity contribution in [1.82, 2.24) is 15.0 Å². The van der Waals surface area contributed by atoms with Crippen LogP contribution in [-0.4, -0.2) is 30.9 Å². The second-order valence-electron chi connectivity index (χ2n) is 4.25. The van der Waals surface area contributed by atoms with E-state index in [2.05, 4.69) is 15.0 Å². The summed E-state index contributed by atoms with van der Waals surface area (Å²) in [5, 5.41) is 8.22. The van der Waals surface area contributed by atoms with Gasteiger partial charge in [0.05, 0.1) is 18.3 Å². The SMILES string of the molecule is COc1ccc2c(c1)nnn2-c1ccc(NS(=O)O)cc1. The Labute approximate surface area is 123 Å². The van der Waals surface area contributed by atoms with Gasteiger partial charge in [-0.05, 0) is 36.4 Å². The Morgan fingerprint density at radius 2 is 2.00 bits per heavy atom. The number of nitrogens with zero attached hydrogens (tertiary/aromatic N) is 3. The van der Waals surface area contributed by atoms with Crippen LogP contribution in [0.4, 0.5) is 5.69 Å². The van der Waals surface area contributed by atoms with Gasteiger partial charge in [-0.25, -0.2) is 8.89 Å². The predicted molar refractivity (Wildman–Crippen MR) is 79.8 cm³/mol. The highest BCUT2D eigenvalue weighted by Crippen LogP contribution is 2.22. The predicted octanol–water partition coefficient (Wildman–Crippen LogP) is 1.98. The quantitative estimate of drug-likeness (QED) is 0.719. The van der Waals surface area contributed by atoms with E-state index in [1.165, 1.54) is 0 Å². The van der Waals surface area contributed by atoms with Gasteiger partial charge in [-0.1, -0.05) is 5.21 Å². The van der Waals surface area contributed by atoms with Crippen molar-refractivity contribution in [3.63, 3.8) is 0 Å². The van der Waals surface area contributed by atoms with Crippen molar-refractivity contribution in [2.24, 2.45) is 0 Å². The molecule has 0 spiro atoms. The van der Waals surface area contributed by atoms with Crippen molar-refractivity contribution in [2.45, 2.75) is 0 Å². The van der Waals surface area contributed by atoms with Crippen LogP contribution in [0, 0.1) is 0 Å². The second kappa shape index (κ2) is 5.51. The van der Waals surface area contributed by atoms with Crippen molar-refractivity contribution < 1.29 is 13.5 Å². The van der Waals surface area contributed by atoms with Crippen LogP contribution in [0.5, 0.6) is 5.75 Å². The molecule has 0 saturated heterocycles. The van der Waals surface area contributed by atoms with Crippen LogP contribution in [0.2, 0.25) is 0 Å². The van der Waals surface area contributed by atoms with E-state index in [1.807, 2.05) is 18.2 Å².